The van der Waals surface area contributed by atoms with E-state index in [2.05, 4.69) is 9.97 Å². The highest BCUT2D eigenvalue weighted by Crippen LogP contribution is 2.36. The predicted molar refractivity (Wildman–Crippen MR) is 124 cm³/mol. The molecule has 0 atom stereocenters. The van der Waals surface area contributed by atoms with Gasteiger partial charge in [-0.3, -0.25) is 4.79 Å². The lowest BCUT2D eigenvalue weighted by atomic mass is 10.0. The lowest BCUT2D eigenvalue weighted by Crippen LogP contribution is -2.10. The summed E-state index contributed by atoms with van der Waals surface area (Å²) in [5, 5.41) is 0.913. The topological polar surface area (TPSA) is 64.2 Å². The van der Waals surface area contributed by atoms with Crippen LogP contribution in [0.1, 0.15) is 16.3 Å². The first-order valence-corrected chi connectivity index (χ1v) is 10.4. The van der Waals surface area contributed by atoms with Crippen LogP contribution in [0.5, 0.6) is 11.5 Å². The lowest BCUT2D eigenvalue weighted by molar-refractivity contribution is 0.355. The molecule has 7 heteroatoms. The Balaban J connectivity index is 1.79. The number of rotatable bonds is 5. The van der Waals surface area contributed by atoms with Crippen LogP contribution < -0.4 is 15.0 Å². The highest BCUT2D eigenvalue weighted by Gasteiger charge is 2.17. The molecule has 5 nitrogen and oxygen atoms in total. The highest BCUT2D eigenvalue weighted by atomic mass is 35.5. The molecule has 0 aliphatic heterocycles. The Morgan fingerprint density at radius 3 is 2.53 bits per heavy atom. The van der Waals surface area contributed by atoms with E-state index in [1.807, 2.05) is 43.3 Å². The summed E-state index contributed by atoms with van der Waals surface area (Å²) in [5.74, 6) is 1.54. The summed E-state index contributed by atoms with van der Waals surface area (Å²) in [7, 11) is 3.15. The minimum Gasteiger partial charge on any atom is -0.493 e. The van der Waals surface area contributed by atoms with Crippen molar-refractivity contribution in [3.8, 4) is 22.6 Å². The first-order chi connectivity index (χ1) is 14.5. The Kier molecular flexibility index (Phi) is 5.61. The minimum atomic E-state index is -0.211. The second-order valence-corrected chi connectivity index (χ2v) is 8.21. The number of ether oxygens (including phenoxy) is 2. The van der Waals surface area contributed by atoms with E-state index in [1.54, 1.807) is 32.4 Å². The predicted octanol–water partition coefficient (Wildman–Crippen LogP) is 5.71. The summed E-state index contributed by atoms with van der Waals surface area (Å²) in [6, 6.07) is 15.3. The molecule has 152 valence electrons. The zero-order valence-corrected chi connectivity index (χ0v) is 18.2. The molecule has 0 bridgehead atoms. The summed E-state index contributed by atoms with van der Waals surface area (Å²) in [4.78, 5) is 22.1. The van der Waals surface area contributed by atoms with Gasteiger partial charge in [0.25, 0.3) is 5.56 Å². The Hall–Kier alpha value is -3.09. The van der Waals surface area contributed by atoms with Crippen LogP contribution in [-0.2, 0) is 0 Å². The maximum Gasteiger partial charge on any atom is 0.260 e. The Labute approximate surface area is 182 Å². The van der Waals surface area contributed by atoms with Gasteiger partial charge >= 0.3 is 0 Å². The van der Waals surface area contributed by atoms with Crippen molar-refractivity contribution in [3.05, 3.63) is 75.1 Å². The van der Waals surface area contributed by atoms with Crippen LogP contribution in [-0.4, -0.2) is 24.2 Å². The van der Waals surface area contributed by atoms with E-state index in [0.29, 0.717) is 32.6 Å². The van der Waals surface area contributed by atoms with Crippen LogP contribution in [0.4, 0.5) is 0 Å². The molecule has 1 N–H and O–H groups in total. The molecular weight excluding hydrogens is 420 g/mol. The molecule has 0 aliphatic carbocycles. The van der Waals surface area contributed by atoms with Crippen molar-refractivity contribution in [2.45, 2.75) is 6.92 Å². The molecule has 2 heterocycles. The Bertz CT molecular complexity index is 1310. The van der Waals surface area contributed by atoms with Crippen LogP contribution in [0.3, 0.4) is 0 Å². The zero-order chi connectivity index (χ0) is 21.3. The molecule has 2 aromatic carbocycles. The maximum atomic E-state index is 12.9. The van der Waals surface area contributed by atoms with Crippen molar-refractivity contribution >= 4 is 44.3 Å². The quantitative estimate of drug-likeness (QED) is 0.433. The van der Waals surface area contributed by atoms with E-state index < -0.39 is 0 Å². The van der Waals surface area contributed by atoms with Gasteiger partial charge in [-0.05, 0) is 36.3 Å². The fourth-order valence-corrected chi connectivity index (χ4v) is 4.60. The van der Waals surface area contributed by atoms with E-state index in [4.69, 9.17) is 21.1 Å². The van der Waals surface area contributed by atoms with Crippen LogP contribution in [0, 0.1) is 6.92 Å². The van der Waals surface area contributed by atoms with Crippen LogP contribution in [0.15, 0.2) is 53.3 Å². The zero-order valence-electron chi connectivity index (χ0n) is 16.7. The molecule has 0 fully saturated rings. The SMILES string of the molecule is COc1ccc(/C=C(\Cl)c2nc3sc(C)c(-c4ccccc4)c3c(=O)[nH]2)cc1OC. The molecule has 4 aromatic rings. The van der Waals surface area contributed by atoms with Crippen LogP contribution in [0.25, 0.3) is 32.5 Å². The maximum absolute atomic E-state index is 12.9. The standard InChI is InChI=1S/C23H19ClN2O3S/c1-13-19(15-7-5-4-6-8-15)20-22(27)25-21(26-23(20)30-13)16(24)11-14-9-10-17(28-2)18(12-14)29-3/h4-12H,1-3H3,(H,25,26,27)/b16-11-. The van der Waals surface area contributed by atoms with E-state index in [1.165, 1.54) is 11.3 Å². The number of thiophene rings is 1. The van der Waals surface area contributed by atoms with Crippen LogP contribution in [0.2, 0.25) is 0 Å². The number of hydrogen-bond acceptors (Lipinski definition) is 5. The lowest BCUT2D eigenvalue weighted by Gasteiger charge is -2.08. The summed E-state index contributed by atoms with van der Waals surface area (Å²) in [6.07, 6.45) is 1.73. The summed E-state index contributed by atoms with van der Waals surface area (Å²) in [6.45, 7) is 1.99. The van der Waals surface area contributed by atoms with Gasteiger partial charge in [0.15, 0.2) is 17.3 Å². The van der Waals surface area contributed by atoms with Crippen molar-refractivity contribution in [3.63, 3.8) is 0 Å². The molecule has 30 heavy (non-hydrogen) atoms. The summed E-state index contributed by atoms with van der Waals surface area (Å²) in [5.41, 5.74) is 2.49. The number of aryl methyl sites for hydroxylation is 1. The normalized spacial score (nSPS) is 11.7. The van der Waals surface area contributed by atoms with Gasteiger partial charge in [0, 0.05) is 10.4 Å². The van der Waals surface area contributed by atoms with Gasteiger partial charge < -0.3 is 14.5 Å². The first kappa shape index (κ1) is 20.2. The second-order valence-electron chi connectivity index (χ2n) is 6.60. The van der Waals surface area contributed by atoms with Gasteiger partial charge in [0.1, 0.15) is 4.83 Å². The molecule has 2 aromatic heterocycles. The number of aromatic amines is 1. The van der Waals surface area contributed by atoms with Gasteiger partial charge in [0.2, 0.25) is 0 Å². The van der Waals surface area contributed by atoms with Crippen molar-refractivity contribution in [1.29, 1.82) is 0 Å². The third kappa shape index (κ3) is 3.72. The van der Waals surface area contributed by atoms with E-state index >= 15 is 0 Å². The van der Waals surface area contributed by atoms with Crippen molar-refractivity contribution < 1.29 is 9.47 Å². The summed E-state index contributed by atoms with van der Waals surface area (Å²) < 4.78 is 10.6. The number of H-pyrrole nitrogens is 1. The highest BCUT2D eigenvalue weighted by molar-refractivity contribution is 7.19. The first-order valence-electron chi connectivity index (χ1n) is 9.20. The van der Waals surface area contributed by atoms with Gasteiger partial charge in [-0.25, -0.2) is 4.98 Å². The smallest absolute Gasteiger partial charge is 0.260 e. The fraction of sp³-hybridized carbons (Fsp3) is 0.130. The summed E-state index contributed by atoms with van der Waals surface area (Å²) >= 11 is 7.99. The van der Waals surface area contributed by atoms with Gasteiger partial charge in [-0.2, -0.15) is 0 Å². The molecule has 0 aliphatic rings. The van der Waals surface area contributed by atoms with E-state index in [9.17, 15) is 4.79 Å². The van der Waals surface area contributed by atoms with Gasteiger partial charge in [0.05, 0.1) is 24.6 Å². The molecule has 0 saturated heterocycles. The molecule has 0 saturated carbocycles. The number of aromatic nitrogens is 2. The van der Waals surface area contributed by atoms with Gasteiger partial charge in [-0.1, -0.05) is 48.0 Å². The number of halogens is 1. The van der Waals surface area contributed by atoms with E-state index in [-0.39, 0.29) is 5.56 Å². The minimum absolute atomic E-state index is 0.211. The molecule has 0 unspecified atom stereocenters. The molecule has 0 amide bonds. The van der Waals surface area contributed by atoms with Crippen LogP contribution >= 0.6 is 22.9 Å². The Morgan fingerprint density at radius 2 is 1.83 bits per heavy atom. The van der Waals surface area contributed by atoms with Crippen molar-refractivity contribution in [1.82, 2.24) is 9.97 Å². The monoisotopic (exact) mass is 438 g/mol. The van der Waals surface area contributed by atoms with Crippen molar-refractivity contribution in [2.75, 3.05) is 14.2 Å². The van der Waals surface area contributed by atoms with Gasteiger partial charge in [-0.15, -0.1) is 11.3 Å². The molecular formula is C23H19ClN2O3S. The Morgan fingerprint density at radius 1 is 1.10 bits per heavy atom. The third-order valence-corrected chi connectivity index (χ3v) is 6.01. The third-order valence-electron chi connectivity index (χ3n) is 4.73. The number of methoxy groups -OCH3 is 2. The number of nitrogens with zero attached hydrogens (tertiary/aromatic N) is 1. The van der Waals surface area contributed by atoms with Crippen molar-refractivity contribution in [2.24, 2.45) is 0 Å². The number of fused-ring (bicyclic) bond motifs is 1. The average molecular weight is 439 g/mol. The number of nitrogens with one attached hydrogen (secondary N) is 1. The van der Waals surface area contributed by atoms with E-state index in [0.717, 1.165) is 21.6 Å². The average Bonchev–Trinajstić information content (AvgIpc) is 3.10. The second kappa shape index (κ2) is 8.34. The fourth-order valence-electron chi connectivity index (χ4n) is 3.34. The molecule has 0 radical (unpaired) electrons. The largest absolute Gasteiger partial charge is 0.493 e. The number of benzene rings is 2. The number of hydrogen-bond donors (Lipinski definition) is 1. The molecule has 0 spiro atoms. The molecule has 4 rings (SSSR count).